The molecule has 188 valence electrons. The summed E-state index contributed by atoms with van der Waals surface area (Å²) in [5.74, 6) is 4.74. The van der Waals surface area contributed by atoms with E-state index in [0.717, 1.165) is 0 Å². The predicted octanol–water partition coefficient (Wildman–Crippen LogP) is 7.06. The topological polar surface area (TPSA) is 82.1 Å². The van der Waals surface area contributed by atoms with Gasteiger partial charge in [0.25, 0.3) is 0 Å². The third-order valence-corrected chi connectivity index (χ3v) is 8.74. The van der Waals surface area contributed by atoms with Crippen LogP contribution < -0.4 is 0 Å². The Morgan fingerprint density at radius 1 is 1.15 bits per heavy atom. The Bertz CT molecular complexity index is 1170. The van der Waals surface area contributed by atoms with Crippen LogP contribution in [0.3, 0.4) is 0 Å². The van der Waals surface area contributed by atoms with Crippen molar-refractivity contribution in [3.05, 3.63) is 32.6 Å². The molecule has 0 saturated heterocycles. The van der Waals surface area contributed by atoms with Crippen LogP contribution in [0.15, 0.2) is 16.6 Å². The monoisotopic (exact) mass is 580 g/mol. The van der Waals surface area contributed by atoms with Crippen LogP contribution in [0.4, 0.5) is 8.78 Å². The molecule has 0 radical (unpaired) electrons. The highest BCUT2D eigenvalue weighted by Crippen LogP contribution is 2.69. The molecule has 0 aliphatic carbocycles. The van der Waals surface area contributed by atoms with Gasteiger partial charge in [-0.05, 0) is 76.5 Å². The molecular formula is C23H28BrF2O6PS. The first-order valence-corrected chi connectivity index (χ1v) is 13.6. The molecule has 0 unspecified atom stereocenters. The van der Waals surface area contributed by atoms with Crippen LogP contribution in [0.1, 0.15) is 69.3 Å². The molecular weight excluding hydrogens is 553 g/mol. The first-order valence-electron chi connectivity index (χ1n) is 10.5. The van der Waals surface area contributed by atoms with Crippen LogP contribution in [0, 0.1) is 11.8 Å². The summed E-state index contributed by atoms with van der Waals surface area (Å²) in [6.45, 7) is 10.5. The normalized spacial score (nSPS) is 13.0. The van der Waals surface area contributed by atoms with Crippen molar-refractivity contribution >= 4 is 50.9 Å². The second kappa shape index (κ2) is 10.3. The number of halogens is 3. The molecule has 0 aliphatic heterocycles. The molecule has 11 heteroatoms. The molecule has 6 nitrogen and oxygen atoms in total. The minimum absolute atomic E-state index is 0.0613. The molecule has 0 aliphatic rings. The van der Waals surface area contributed by atoms with E-state index in [0.29, 0.717) is 16.0 Å². The van der Waals surface area contributed by atoms with Gasteiger partial charge in [0.15, 0.2) is 0 Å². The van der Waals surface area contributed by atoms with Crippen LogP contribution in [0.25, 0.3) is 10.1 Å². The summed E-state index contributed by atoms with van der Waals surface area (Å²) in [4.78, 5) is 12.2. The van der Waals surface area contributed by atoms with Gasteiger partial charge in [0.2, 0.25) is 0 Å². The maximum Gasteiger partial charge on any atom is 0.405 e. The molecule has 1 aromatic heterocycles. The molecule has 0 fully saturated rings. The molecule has 0 spiro atoms. The molecule has 2 aromatic rings. The van der Waals surface area contributed by atoms with E-state index in [1.165, 1.54) is 39.8 Å². The van der Waals surface area contributed by atoms with Gasteiger partial charge in [0.1, 0.15) is 16.1 Å². The number of alkyl halides is 2. The molecule has 1 aromatic carbocycles. The Labute approximate surface area is 210 Å². The quantitative estimate of drug-likeness (QED) is 0.214. The Morgan fingerprint density at radius 2 is 1.71 bits per heavy atom. The molecule has 2 rings (SSSR count). The minimum atomic E-state index is -4.86. The lowest BCUT2D eigenvalue weighted by molar-refractivity contribution is 0.00695. The van der Waals surface area contributed by atoms with Gasteiger partial charge in [0, 0.05) is 15.4 Å². The molecule has 1 heterocycles. The number of rotatable bonds is 7. The van der Waals surface area contributed by atoms with Crippen molar-refractivity contribution in [2.45, 2.75) is 65.3 Å². The van der Waals surface area contributed by atoms with Crippen LogP contribution >= 0.6 is 34.9 Å². The molecule has 0 atom stereocenters. The van der Waals surface area contributed by atoms with Crippen LogP contribution in [-0.4, -0.2) is 35.5 Å². The van der Waals surface area contributed by atoms with Gasteiger partial charge in [-0.2, -0.15) is 8.78 Å². The van der Waals surface area contributed by atoms with Gasteiger partial charge in [-0.3, -0.25) is 4.57 Å². The molecule has 34 heavy (non-hydrogen) atoms. The summed E-state index contributed by atoms with van der Waals surface area (Å²) in [6.07, 6.45) is 0. The Balaban J connectivity index is 2.83. The third kappa shape index (κ3) is 6.45. The van der Waals surface area contributed by atoms with E-state index < -0.39 is 35.3 Å². The van der Waals surface area contributed by atoms with Gasteiger partial charge < -0.3 is 18.9 Å². The Hall–Kier alpha value is -1.34. The van der Waals surface area contributed by atoms with Crippen molar-refractivity contribution in [1.29, 1.82) is 0 Å². The summed E-state index contributed by atoms with van der Waals surface area (Å²) in [5.41, 5.74) is -5.80. The van der Waals surface area contributed by atoms with Crippen molar-refractivity contribution in [2.75, 3.05) is 13.2 Å². The van der Waals surface area contributed by atoms with E-state index in [-0.39, 0.29) is 34.2 Å². The number of thiophene rings is 1. The standard InChI is InChI=1S/C23H28BrF2O6PS/c1-8-30-33(29,31-9-2)23(25,26)19-17(24)16-13-15(20(27)32-21(3,4)5)12-14(18(16)34-19)10-11-22(6,7)28/h12-13,28H,8-9H2,1-7H3. The largest absolute Gasteiger partial charge is 0.456 e. The lowest BCUT2D eigenvalue weighted by atomic mass is 10.1. The summed E-state index contributed by atoms with van der Waals surface area (Å²) < 4.78 is 59.6. The number of ether oxygens (including phenoxy) is 1. The fourth-order valence-corrected chi connectivity index (χ4v) is 6.81. The highest BCUT2D eigenvalue weighted by atomic mass is 79.9. The number of carbonyl (C=O) groups excluding carboxylic acids is 1. The first kappa shape index (κ1) is 28.9. The van der Waals surface area contributed by atoms with Gasteiger partial charge in [-0.15, -0.1) is 11.3 Å². The van der Waals surface area contributed by atoms with Gasteiger partial charge in [0.05, 0.1) is 23.5 Å². The zero-order valence-corrected chi connectivity index (χ0v) is 23.3. The molecule has 0 saturated carbocycles. The maximum absolute atomic E-state index is 15.6. The van der Waals surface area contributed by atoms with E-state index in [1.807, 2.05) is 0 Å². The van der Waals surface area contributed by atoms with Crippen molar-refractivity contribution < 1.29 is 37.0 Å². The van der Waals surface area contributed by atoms with Gasteiger partial charge in [-0.1, -0.05) is 11.8 Å². The van der Waals surface area contributed by atoms with Crippen molar-refractivity contribution in [1.82, 2.24) is 0 Å². The van der Waals surface area contributed by atoms with Crippen LogP contribution in [0.5, 0.6) is 0 Å². The Morgan fingerprint density at radius 3 is 2.18 bits per heavy atom. The molecule has 1 N–H and O–H groups in total. The first-order chi connectivity index (χ1) is 15.5. The van der Waals surface area contributed by atoms with E-state index in [2.05, 4.69) is 27.8 Å². The van der Waals surface area contributed by atoms with Crippen molar-refractivity contribution in [3.63, 3.8) is 0 Å². The number of aliphatic hydroxyl groups is 1. The number of carbonyl (C=O) groups is 1. The van der Waals surface area contributed by atoms with Crippen LogP contribution in [0.2, 0.25) is 0 Å². The van der Waals surface area contributed by atoms with E-state index >= 15 is 8.78 Å². The van der Waals surface area contributed by atoms with E-state index in [1.54, 1.807) is 20.8 Å². The second-order valence-electron chi connectivity index (χ2n) is 8.83. The summed E-state index contributed by atoms with van der Waals surface area (Å²) in [5, 5.41) is 10.3. The summed E-state index contributed by atoms with van der Waals surface area (Å²) in [7, 11) is -4.86. The van der Waals surface area contributed by atoms with Crippen molar-refractivity contribution in [2.24, 2.45) is 0 Å². The Kier molecular flexibility index (Phi) is 8.78. The van der Waals surface area contributed by atoms with Crippen LogP contribution in [-0.2, 0) is 24.0 Å². The minimum Gasteiger partial charge on any atom is -0.456 e. The number of hydrogen-bond donors (Lipinski definition) is 1. The third-order valence-electron chi connectivity index (χ3n) is 4.08. The SMILES string of the molecule is CCOP(=O)(OCC)C(F)(F)c1sc2c(C#CC(C)(C)O)cc(C(=O)OC(C)(C)C)cc2c1Br. The average molecular weight is 581 g/mol. The molecule has 0 bridgehead atoms. The van der Waals surface area contributed by atoms with E-state index in [9.17, 15) is 14.5 Å². The fraction of sp³-hybridized carbons (Fsp3) is 0.522. The maximum atomic E-state index is 15.6. The lowest BCUT2D eigenvalue weighted by Crippen LogP contribution is -2.23. The highest BCUT2D eigenvalue weighted by molar-refractivity contribution is 9.10. The molecule has 0 amide bonds. The smallest absolute Gasteiger partial charge is 0.405 e. The average Bonchev–Trinajstić information content (AvgIpc) is 3.02. The van der Waals surface area contributed by atoms with Crippen molar-refractivity contribution in [3.8, 4) is 11.8 Å². The lowest BCUT2D eigenvalue weighted by Gasteiger charge is -2.25. The second-order valence-corrected chi connectivity index (χ2v) is 12.7. The summed E-state index contributed by atoms with van der Waals surface area (Å²) in [6, 6.07) is 2.83. The van der Waals surface area contributed by atoms with Gasteiger partial charge in [-0.25, -0.2) is 4.79 Å². The fourth-order valence-electron chi connectivity index (χ4n) is 2.80. The summed E-state index contributed by atoms with van der Waals surface area (Å²) >= 11 is 3.86. The zero-order chi connectivity index (χ0) is 26.1. The number of benzene rings is 1. The number of hydrogen-bond acceptors (Lipinski definition) is 7. The zero-order valence-electron chi connectivity index (χ0n) is 20.0. The predicted molar refractivity (Wildman–Crippen MR) is 133 cm³/mol. The highest BCUT2D eigenvalue weighted by Gasteiger charge is 2.57. The van der Waals surface area contributed by atoms with Gasteiger partial charge >= 0.3 is 19.2 Å². The number of esters is 1. The van der Waals surface area contributed by atoms with E-state index in [4.69, 9.17) is 13.8 Å². The number of fused-ring (bicyclic) bond motifs is 1.